The van der Waals surface area contributed by atoms with Gasteiger partial charge in [0.25, 0.3) is 0 Å². The highest BCUT2D eigenvalue weighted by Gasteiger charge is 2.31. The zero-order valence-corrected chi connectivity index (χ0v) is 9.70. The minimum atomic E-state index is -2.36. The lowest BCUT2D eigenvalue weighted by atomic mass is 10.5. The van der Waals surface area contributed by atoms with Crippen molar-refractivity contribution in [2.45, 2.75) is 39.1 Å². The van der Waals surface area contributed by atoms with Crippen LogP contribution in [0.1, 0.15) is 20.3 Å². The van der Waals surface area contributed by atoms with E-state index in [9.17, 15) is 9.59 Å². The number of ether oxygens (including phenoxy) is 1. The van der Waals surface area contributed by atoms with E-state index >= 15 is 0 Å². The number of esters is 1. The number of hydrogen-bond donors (Lipinski definition) is 1. The number of carbonyl (C=O) groups is 1. The number of rotatable bonds is 4. The highest BCUT2D eigenvalue weighted by molar-refractivity contribution is 6.71. The Morgan fingerprint density at radius 2 is 2.15 bits per heavy atom. The minimum absolute atomic E-state index is 0.309. The Balaban J connectivity index is 4.22. The molecule has 13 heavy (non-hydrogen) atoms. The van der Waals surface area contributed by atoms with Crippen LogP contribution in [0.4, 0.5) is 0 Å². The van der Waals surface area contributed by atoms with Gasteiger partial charge in [-0.25, -0.2) is 4.79 Å². The Hall–Kier alpha value is -0.613. The SMILES string of the molecule is C/C=C/C(=O)OC(CC)[Si](C)(C)O. The van der Waals surface area contributed by atoms with E-state index in [4.69, 9.17) is 4.74 Å². The van der Waals surface area contributed by atoms with Gasteiger partial charge in [-0.2, -0.15) is 0 Å². The van der Waals surface area contributed by atoms with Gasteiger partial charge < -0.3 is 9.53 Å². The number of allylic oxidation sites excluding steroid dienone is 1. The molecule has 0 bridgehead atoms. The lowest BCUT2D eigenvalue weighted by Crippen LogP contribution is -2.44. The molecule has 0 spiro atoms. The van der Waals surface area contributed by atoms with Crippen LogP contribution in [-0.2, 0) is 9.53 Å². The first-order valence-electron chi connectivity index (χ1n) is 4.47. The highest BCUT2D eigenvalue weighted by Crippen LogP contribution is 2.12. The molecule has 1 N–H and O–H groups in total. The van der Waals surface area contributed by atoms with Crippen LogP contribution in [0.25, 0.3) is 0 Å². The number of carbonyl (C=O) groups excluding carboxylic acids is 1. The summed E-state index contributed by atoms with van der Waals surface area (Å²) in [4.78, 5) is 20.8. The zero-order chi connectivity index (χ0) is 10.5. The lowest BCUT2D eigenvalue weighted by molar-refractivity contribution is -0.140. The number of hydrogen-bond acceptors (Lipinski definition) is 3. The lowest BCUT2D eigenvalue weighted by Gasteiger charge is -2.24. The van der Waals surface area contributed by atoms with Crippen molar-refractivity contribution in [3.8, 4) is 0 Å². The monoisotopic (exact) mass is 202 g/mol. The van der Waals surface area contributed by atoms with Crippen LogP contribution < -0.4 is 0 Å². The third-order valence-corrected chi connectivity index (χ3v) is 3.82. The highest BCUT2D eigenvalue weighted by atomic mass is 28.4. The largest absolute Gasteiger partial charge is 0.460 e. The van der Waals surface area contributed by atoms with E-state index in [1.165, 1.54) is 6.08 Å². The molecule has 0 aromatic heterocycles. The van der Waals surface area contributed by atoms with Gasteiger partial charge in [-0.05, 0) is 26.4 Å². The summed E-state index contributed by atoms with van der Waals surface area (Å²) in [5, 5.41) is 0. The van der Waals surface area contributed by atoms with E-state index in [1.807, 2.05) is 6.92 Å². The van der Waals surface area contributed by atoms with Gasteiger partial charge in [0.1, 0.15) is 5.73 Å². The first-order chi connectivity index (χ1) is 5.91. The van der Waals surface area contributed by atoms with Crippen LogP contribution in [0.5, 0.6) is 0 Å². The Morgan fingerprint density at radius 1 is 1.62 bits per heavy atom. The summed E-state index contributed by atoms with van der Waals surface area (Å²) in [5.41, 5.74) is -0.309. The first-order valence-corrected chi connectivity index (χ1v) is 7.50. The van der Waals surface area contributed by atoms with Crippen molar-refractivity contribution >= 4 is 14.3 Å². The molecule has 76 valence electrons. The maximum atomic E-state index is 11.1. The first kappa shape index (κ1) is 12.4. The average Bonchev–Trinajstić information content (AvgIpc) is 1.98. The van der Waals surface area contributed by atoms with Gasteiger partial charge in [0.05, 0.1) is 0 Å². The molecule has 0 heterocycles. The summed E-state index contributed by atoms with van der Waals surface area (Å²) in [6.45, 7) is 7.19. The fourth-order valence-electron chi connectivity index (χ4n) is 1.04. The maximum absolute atomic E-state index is 11.1. The molecule has 0 rings (SSSR count). The van der Waals surface area contributed by atoms with E-state index in [2.05, 4.69) is 0 Å². The van der Waals surface area contributed by atoms with E-state index in [0.29, 0.717) is 6.42 Å². The third-order valence-electron chi connectivity index (χ3n) is 1.72. The molecule has 0 radical (unpaired) electrons. The summed E-state index contributed by atoms with van der Waals surface area (Å²) >= 11 is 0. The third kappa shape index (κ3) is 4.85. The summed E-state index contributed by atoms with van der Waals surface area (Å²) in [6.07, 6.45) is 3.66. The molecular formula is C9H18O3Si. The summed E-state index contributed by atoms with van der Waals surface area (Å²) < 4.78 is 5.09. The Bertz CT molecular complexity index is 194. The molecule has 0 saturated heterocycles. The molecule has 1 unspecified atom stereocenters. The standard InChI is InChI=1S/C9H18O3Si/c1-5-7-8(10)12-9(6-2)13(3,4)11/h5,7,9,11H,6H2,1-4H3/b7-5+. The van der Waals surface area contributed by atoms with Crippen molar-refractivity contribution in [1.29, 1.82) is 0 Å². The van der Waals surface area contributed by atoms with Crippen LogP contribution in [0.3, 0.4) is 0 Å². The fourth-order valence-corrected chi connectivity index (χ4v) is 2.45. The second-order valence-electron chi connectivity index (χ2n) is 3.49. The van der Waals surface area contributed by atoms with E-state index < -0.39 is 8.32 Å². The van der Waals surface area contributed by atoms with Crippen molar-refractivity contribution < 1.29 is 14.3 Å². The second-order valence-corrected chi connectivity index (χ2v) is 7.44. The normalized spacial score (nSPS) is 14.5. The minimum Gasteiger partial charge on any atom is -0.460 e. The maximum Gasteiger partial charge on any atom is 0.330 e. The summed E-state index contributed by atoms with van der Waals surface area (Å²) in [7, 11) is -2.36. The average molecular weight is 202 g/mol. The van der Waals surface area contributed by atoms with Crippen LogP contribution in [-0.4, -0.2) is 24.8 Å². The molecule has 0 saturated carbocycles. The summed E-state index contributed by atoms with van der Waals surface area (Å²) in [5.74, 6) is -0.371. The van der Waals surface area contributed by atoms with Gasteiger partial charge in [-0.3, -0.25) is 0 Å². The topological polar surface area (TPSA) is 46.5 Å². The molecule has 3 nitrogen and oxygen atoms in total. The molecule has 0 aliphatic heterocycles. The summed E-state index contributed by atoms with van der Waals surface area (Å²) in [6, 6.07) is 0. The molecule has 0 aliphatic carbocycles. The molecule has 0 aliphatic rings. The predicted octanol–water partition coefficient (Wildman–Crippen LogP) is 1.62. The predicted molar refractivity (Wildman–Crippen MR) is 54.7 cm³/mol. The van der Waals surface area contributed by atoms with Gasteiger partial charge in [0.15, 0.2) is 0 Å². The Kier molecular flexibility index (Phi) is 4.94. The molecule has 1 atom stereocenters. The molecule has 0 fully saturated rings. The molecule has 4 heteroatoms. The molecule has 0 aromatic rings. The van der Waals surface area contributed by atoms with Crippen molar-refractivity contribution in [3.63, 3.8) is 0 Å². The molecular weight excluding hydrogens is 184 g/mol. The van der Waals surface area contributed by atoms with Crippen molar-refractivity contribution in [2.75, 3.05) is 0 Å². The molecule has 0 aromatic carbocycles. The van der Waals surface area contributed by atoms with Crippen molar-refractivity contribution in [3.05, 3.63) is 12.2 Å². The second kappa shape index (κ2) is 5.19. The quantitative estimate of drug-likeness (QED) is 0.428. The van der Waals surface area contributed by atoms with Gasteiger partial charge in [0, 0.05) is 6.08 Å². The Labute approximate surface area is 80.5 Å². The van der Waals surface area contributed by atoms with Crippen LogP contribution >= 0.6 is 0 Å². The van der Waals surface area contributed by atoms with Gasteiger partial charge in [0.2, 0.25) is 8.32 Å². The zero-order valence-electron chi connectivity index (χ0n) is 8.70. The van der Waals surface area contributed by atoms with E-state index in [0.717, 1.165) is 0 Å². The van der Waals surface area contributed by atoms with E-state index in [-0.39, 0.29) is 11.7 Å². The fraction of sp³-hybridized carbons (Fsp3) is 0.667. The van der Waals surface area contributed by atoms with E-state index in [1.54, 1.807) is 26.1 Å². The van der Waals surface area contributed by atoms with Crippen molar-refractivity contribution in [2.24, 2.45) is 0 Å². The smallest absolute Gasteiger partial charge is 0.330 e. The van der Waals surface area contributed by atoms with Crippen LogP contribution in [0.15, 0.2) is 12.2 Å². The van der Waals surface area contributed by atoms with Gasteiger partial charge in [-0.1, -0.05) is 13.0 Å². The van der Waals surface area contributed by atoms with Crippen LogP contribution in [0.2, 0.25) is 13.1 Å². The van der Waals surface area contributed by atoms with Gasteiger partial charge in [-0.15, -0.1) is 0 Å². The molecule has 0 amide bonds. The van der Waals surface area contributed by atoms with Gasteiger partial charge >= 0.3 is 5.97 Å². The van der Waals surface area contributed by atoms with Crippen molar-refractivity contribution in [1.82, 2.24) is 0 Å². The van der Waals surface area contributed by atoms with Crippen LogP contribution in [0, 0.1) is 0 Å². The Morgan fingerprint density at radius 3 is 2.46 bits per heavy atom.